The molecule has 1 aromatic heterocycles. The molecular weight excluding hydrogens is 180 g/mol. The molecule has 0 aliphatic heterocycles. The van der Waals surface area contributed by atoms with Gasteiger partial charge >= 0.3 is 0 Å². The molecule has 5 N–H and O–H groups in total. The molecule has 1 rings (SSSR count). The van der Waals surface area contributed by atoms with E-state index in [4.69, 9.17) is 11.5 Å². The van der Waals surface area contributed by atoms with Crippen molar-refractivity contribution in [3.05, 3.63) is 17.8 Å². The minimum Gasteiger partial charge on any atom is -0.396 e. The van der Waals surface area contributed by atoms with E-state index in [9.17, 15) is 4.79 Å². The average Bonchev–Trinajstić information content (AvgIpc) is 2.10. The fourth-order valence-electron chi connectivity index (χ4n) is 1.01. The molecule has 0 fully saturated rings. The first-order valence-electron chi connectivity index (χ1n) is 4.35. The van der Waals surface area contributed by atoms with Crippen molar-refractivity contribution < 1.29 is 4.79 Å². The Kier molecular flexibility index (Phi) is 3.28. The lowest BCUT2D eigenvalue weighted by molar-refractivity contribution is -0.117. The molecular formula is C9H14N4O. The summed E-state index contributed by atoms with van der Waals surface area (Å²) in [6.07, 6.45) is 0.273. The van der Waals surface area contributed by atoms with E-state index in [2.05, 4.69) is 10.3 Å². The standard InChI is InChI=1S/C9H14N4O/c1-6-2-3-7(10)9(13-6)12-5-4-8(11)14/h2-3H,4-5,10H2,1H3,(H2,11,14)(H,12,13). The van der Waals surface area contributed by atoms with Crippen LogP contribution in [0.15, 0.2) is 12.1 Å². The maximum atomic E-state index is 10.5. The first kappa shape index (κ1) is 10.3. The normalized spacial score (nSPS) is 9.79. The number of carbonyl (C=O) groups is 1. The molecule has 14 heavy (non-hydrogen) atoms. The fraction of sp³-hybridized carbons (Fsp3) is 0.333. The Balaban J connectivity index is 2.57. The summed E-state index contributed by atoms with van der Waals surface area (Å²) < 4.78 is 0. The van der Waals surface area contributed by atoms with Crippen LogP contribution in [0.25, 0.3) is 0 Å². The third-order valence-electron chi connectivity index (χ3n) is 1.73. The number of carbonyl (C=O) groups excluding carboxylic acids is 1. The molecule has 0 bridgehead atoms. The van der Waals surface area contributed by atoms with Crippen LogP contribution in [0.1, 0.15) is 12.1 Å². The second-order valence-corrected chi connectivity index (χ2v) is 3.03. The van der Waals surface area contributed by atoms with E-state index in [0.29, 0.717) is 18.1 Å². The topological polar surface area (TPSA) is 94.0 Å². The molecule has 0 radical (unpaired) electrons. The third kappa shape index (κ3) is 2.93. The maximum Gasteiger partial charge on any atom is 0.219 e. The Bertz CT molecular complexity index is 338. The van der Waals surface area contributed by atoms with Crippen molar-refractivity contribution in [2.24, 2.45) is 5.73 Å². The molecule has 76 valence electrons. The lowest BCUT2D eigenvalue weighted by atomic mass is 10.3. The van der Waals surface area contributed by atoms with E-state index >= 15 is 0 Å². The highest BCUT2D eigenvalue weighted by atomic mass is 16.1. The van der Waals surface area contributed by atoms with Crippen LogP contribution in [0.3, 0.4) is 0 Å². The summed E-state index contributed by atoms with van der Waals surface area (Å²) in [4.78, 5) is 14.7. The Hall–Kier alpha value is -1.78. The monoisotopic (exact) mass is 194 g/mol. The zero-order valence-corrected chi connectivity index (χ0v) is 8.08. The van der Waals surface area contributed by atoms with Gasteiger partial charge in [0.2, 0.25) is 5.91 Å². The summed E-state index contributed by atoms with van der Waals surface area (Å²) in [5.74, 6) is 0.259. The van der Waals surface area contributed by atoms with Gasteiger partial charge in [-0.1, -0.05) is 0 Å². The van der Waals surface area contributed by atoms with Gasteiger partial charge < -0.3 is 16.8 Å². The van der Waals surface area contributed by atoms with Crippen molar-refractivity contribution in [2.45, 2.75) is 13.3 Å². The van der Waals surface area contributed by atoms with Gasteiger partial charge in [0, 0.05) is 18.7 Å². The number of anilines is 2. The van der Waals surface area contributed by atoms with Crippen LogP contribution >= 0.6 is 0 Å². The SMILES string of the molecule is Cc1ccc(N)c(NCCC(N)=O)n1. The number of pyridine rings is 1. The number of hydrogen-bond acceptors (Lipinski definition) is 4. The first-order chi connectivity index (χ1) is 6.59. The Morgan fingerprint density at radius 3 is 2.93 bits per heavy atom. The number of nitrogen functional groups attached to an aromatic ring is 1. The third-order valence-corrected chi connectivity index (χ3v) is 1.73. The van der Waals surface area contributed by atoms with Crippen LogP contribution in [0.2, 0.25) is 0 Å². The van der Waals surface area contributed by atoms with E-state index in [1.165, 1.54) is 0 Å². The van der Waals surface area contributed by atoms with E-state index in [0.717, 1.165) is 5.69 Å². The van der Waals surface area contributed by atoms with Crippen LogP contribution in [0, 0.1) is 6.92 Å². The number of hydrogen-bond donors (Lipinski definition) is 3. The highest BCUT2D eigenvalue weighted by Gasteiger charge is 2.00. The number of nitrogens with zero attached hydrogens (tertiary/aromatic N) is 1. The van der Waals surface area contributed by atoms with Gasteiger partial charge in [0.1, 0.15) is 5.82 Å². The van der Waals surface area contributed by atoms with Gasteiger partial charge in [-0.15, -0.1) is 0 Å². The van der Waals surface area contributed by atoms with Crippen LogP contribution < -0.4 is 16.8 Å². The Morgan fingerprint density at radius 1 is 1.57 bits per heavy atom. The van der Waals surface area contributed by atoms with Crippen molar-refractivity contribution in [1.82, 2.24) is 4.98 Å². The van der Waals surface area contributed by atoms with Gasteiger partial charge in [0.05, 0.1) is 5.69 Å². The van der Waals surface area contributed by atoms with Gasteiger partial charge in [-0.25, -0.2) is 4.98 Å². The van der Waals surface area contributed by atoms with Gasteiger partial charge in [0.15, 0.2) is 0 Å². The number of primary amides is 1. The highest BCUT2D eigenvalue weighted by Crippen LogP contribution is 2.14. The molecule has 0 spiro atoms. The van der Waals surface area contributed by atoms with Crippen LogP contribution in [0.4, 0.5) is 11.5 Å². The maximum absolute atomic E-state index is 10.5. The number of rotatable bonds is 4. The van der Waals surface area contributed by atoms with E-state index in [1.54, 1.807) is 6.07 Å². The summed E-state index contributed by atoms with van der Waals surface area (Å²) in [5, 5.41) is 2.95. The number of aryl methyl sites for hydroxylation is 1. The van der Waals surface area contributed by atoms with Crippen LogP contribution in [0.5, 0.6) is 0 Å². The molecule has 1 aromatic rings. The largest absolute Gasteiger partial charge is 0.396 e. The molecule has 0 saturated heterocycles. The number of nitrogens with two attached hydrogens (primary N) is 2. The van der Waals surface area contributed by atoms with E-state index in [-0.39, 0.29) is 12.3 Å². The second-order valence-electron chi connectivity index (χ2n) is 3.03. The number of aromatic nitrogens is 1. The average molecular weight is 194 g/mol. The molecule has 1 amide bonds. The van der Waals surface area contributed by atoms with Crippen molar-refractivity contribution in [3.63, 3.8) is 0 Å². The highest BCUT2D eigenvalue weighted by molar-refractivity contribution is 5.74. The molecule has 1 heterocycles. The second kappa shape index (κ2) is 4.45. The minimum atomic E-state index is -0.344. The van der Waals surface area contributed by atoms with Crippen molar-refractivity contribution in [2.75, 3.05) is 17.6 Å². The van der Waals surface area contributed by atoms with Gasteiger partial charge in [0.25, 0.3) is 0 Å². The quantitative estimate of drug-likeness (QED) is 0.640. The Morgan fingerprint density at radius 2 is 2.29 bits per heavy atom. The summed E-state index contributed by atoms with van der Waals surface area (Å²) in [5.41, 5.74) is 12.1. The van der Waals surface area contributed by atoms with Crippen molar-refractivity contribution >= 4 is 17.4 Å². The molecule has 0 aliphatic rings. The predicted molar refractivity (Wildman–Crippen MR) is 55.7 cm³/mol. The molecule has 5 nitrogen and oxygen atoms in total. The smallest absolute Gasteiger partial charge is 0.219 e. The Labute approximate surface area is 82.5 Å². The summed E-state index contributed by atoms with van der Waals surface area (Å²) in [6.45, 7) is 2.33. The van der Waals surface area contributed by atoms with E-state index in [1.807, 2.05) is 13.0 Å². The van der Waals surface area contributed by atoms with Gasteiger partial charge in [-0.05, 0) is 19.1 Å². The van der Waals surface area contributed by atoms with E-state index < -0.39 is 0 Å². The molecule has 0 saturated carbocycles. The zero-order chi connectivity index (χ0) is 10.6. The summed E-state index contributed by atoms with van der Waals surface area (Å²) >= 11 is 0. The van der Waals surface area contributed by atoms with Gasteiger partial charge in [-0.3, -0.25) is 4.79 Å². The number of nitrogens with one attached hydrogen (secondary N) is 1. The summed E-state index contributed by atoms with van der Waals surface area (Å²) in [6, 6.07) is 3.60. The van der Waals surface area contributed by atoms with Crippen LogP contribution in [-0.2, 0) is 4.79 Å². The predicted octanol–water partition coefficient (Wildman–Crippen LogP) is 0.260. The van der Waals surface area contributed by atoms with Gasteiger partial charge in [-0.2, -0.15) is 0 Å². The molecule has 0 aliphatic carbocycles. The fourth-order valence-corrected chi connectivity index (χ4v) is 1.01. The number of amides is 1. The summed E-state index contributed by atoms with van der Waals surface area (Å²) in [7, 11) is 0. The first-order valence-corrected chi connectivity index (χ1v) is 4.35. The minimum absolute atomic E-state index is 0.273. The zero-order valence-electron chi connectivity index (χ0n) is 8.08. The molecule has 0 atom stereocenters. The molecule has 0 unspecified atom stereocenters. The lowest BCUT2D eigenvalue weighted by Gasteiger charge is -2.07. The van der Waals surface area contributed by atoms with Crippen molar-refractivity contribution in [3.8, 4) is 0 Å². The van der Waals surface area contributed by atoms with Crippen molar-refractivity contribution in [1.29, 1.82) is 0 Å². The lowest BCUT2D eigenvalue weighted by Crippen LogP contribution is -2.16. The van der Waals surface area contributed by atoms with Crippen LogP contribution in [-0.4, -0.2) is 17.4 Å². The molecule has 0 aromatic carbocycles. The molecule has 5 heteroatoms.